The molecule has 12 heteroatoms. The second-order valence-electron chi connectivity index (χ2n) is 5.93. The van der Waals surface area contributed by atoms with E-state index in [4.69, 9.17) is 11.6 Å². The molecule has 0 saturated heterocycles. The number of nitro groups is 1. The van der Waals surface area contributed by atoms with E-state index in [9.17, 15) is 19.7 Å². The van der Waals surface area contributed by atoms with Gasteiger partial charge >= 0.3 is 0 Å². The molecule has 9 nitrogen and oxygen atoms in total. The Labute approximate surface area is 184 Å². The topological polar surface area (TPSA) is 127 Å². The summed E-state index contributed by atoms with van der Waals surface area (Å²) in [5.41, 5.74) is 1.05. The van der Waals surface area contributed by atoms with E-state index in [1.807, 2.05) is 0 Å². The maximum absolute atomic E-state index is 12.3. The molecule has 0 unspecified atom stereocenters. The average Bonchev–Trinajstić information content (AvgIpc) is 3.14. The fraction of sp³-hybridized carbons (Fsp3) is 0.111. The van der Waals surface area contributed by atoms with Crippen LogP contribution in [0.15, 0.2) is 46.8 Å². The van der Waals surface area contributed by atoms with Crippen molar-refractivity contribution in [2.45, 2.75) is 11.3 Å². The van der Waals surface area contributed by atoms with Crippen LogP contribution in [-0.2, 0) is 4.79 Å². The first-order chi connectivity index (χ1) is 14.3. The number of nitrogens with one attached hydrogen (secondary N) is 2. The molecule has 0 fully saturated rings. The van der Waals surface area contributed by atoms with Gasteiger partial charge in [-0.25, -0.2) is 0 Å². The highest BCUT2D eigenvalue weighted by Gasteiger charge is 2.17. The molecule has 0 spiro atoms. The number of nitro benzene ring substituents is 1. The van der Waals surface area contributed by atoms with E-state index >= 15 is 0 Å². The maximum Gasteiger partial charge on any atom is 0.273 e. The minimum absolute atomic E-state index is 0.0965. The number of hydrogen-bond acceptors (Lipinski definition) is 8. The molecule has 30 heavy (non-hydrogen) atoms. The molecule has 0 aliphatic rings. The van der Waals surface area contributed by atoms with E-state index in [2.05, 4.69) is 20.8 Å². The Kier molecular flexibility index (Phi) is 6.98. The number of aryl methyl sites for hydroxylation is 1. The number of hydrogen-bond donors (Lipinski definition) is 2. The van der Waals surface area contributed by atoms with Crippen LogP contribution >= 0.6 is 34.7 Å². The molecule has 154 valence electrons. The van der Waals surface area contributed by atoms with Crippen LogP contribution in [0.5, 0.6) is 0 Å². The number of halogens is 1. The predicted molar refractivity (Wildman–Crippen MR) is 117 cm³/mol. The molecular formula is C18H14ClN5O4S2. The molecular weight excluding hydrogens is 450 g/mol. The van der Waals surface area contributed by atoms with Gasteiger partial charge in [0.1, 0.15) is 0 Å². The summed E-state index contributed by atoms with van der Waals surface area (Å²) in [5, 5.41) is 24.8. The molecule has 3 rings (SSSR count). The van der Waals surface area contributed by atoms with Gasteiger partial charge in [0.2, 0.25) is 11.0 Å². The molecule has 2 amide bonds. The van der Waals surface area contributed by atoms with Crippen LogP contribution in [-0.4, -0.2) is 32.7 Å². The molecule has 0 saturated carbocycles. The molecule has 2 aromatic carbocycles. The summed E-state index contributed by atoms with van der Waals surface area (Å²) >= 11 is 8.14. The lowest BCUT2D eigenvalue weighted by molar-refractivity contribution is -0.385. The predicted octanol–water partition coefficient (Wildman–Crippen LogP) is 4.39. The number of nitrogens with zero attached hydrogens (tertiary/aromatic N) is 3. The number of thioether (sulfide) groups is 1. The molecule has 0 atom stereocenters. The molecule has 1 aromatic heterocycles. The zero-order valence-electron chi connectivity index (χ0n) is 15.4. The summed E-state index contributed by atoms with van der Waals surface area (Å²) in [5.74, 6) is -0.682. The fourth-order valence-electron chi connectivity index (χ4n) is 2.33. The summed E-state index contributed by atoms with van der Waals surface area (Å²) in [6.07, 6.45) is 0. The Hall–Kier alpha value is -3.02. The summed E-state index contributed by atoms with van der Waals surface area (Å²) in [4.78, 5) is 34.9. The second-order valence-corrected chi connectivity index (χ2v) is 8.57. The monoisotopic (exact) mass is 463 g/mol. The van der Waals surface area contributed by atoms with Gasteiger partial charge in [-0.05, 0) is 31.2 Å². The normalized spacial score (nSPS) is 10.5. The van der Waals surface area contributed by atoms with Crippen LogP contribution in [0, 0.1) is 17.0 Å². The van der Waals surface area contributed by atoms with Gasteiger partial charge < -0.3 is 5.32 Å². The van der Waals surface area contributed by atoms with Gasteiger partial charge in [0.25, 0.3) is 11.6 Å². The smallest absolute Gasteiger partial charge is 0.273 e. The Balaban J connectivity index is 1.56. The number of carbonyl (C=O) groups excluding carboxylic acids is 2. The van der Waals surface area contributed by atoms with Gasteiger partial charge in [-0.2, -0.15) is 0 Å². The minimum Gasteiger partial charge on any atom is -0.325 e. The minimum atomic E-state index is -0.541. The third-order valence-electron chi connectivity index (χ3n) is 3.73. The van der Waals surface area contributed by atoms with Gasteiger partial charge in [0.05, 0.1) is 10.7 Å². The van der Waals surface area contributed by atoms with Crippen molar-refractivity contribution in [2.24, 2.45) is 0 Å². The van der Waals surface area contributed by atoms with Crippen LogP contribution in [0.1, 0.15) is 15.9 Å². The van der Waals surface area contributed by atoms with E-state index in [0.29, 0.717) is 20.6 Å². The summed E-state index contributed by atoms with van der Waals surface area (Å²) < 4.78 is 0.487. The third kappa shape index (κ3) is 5.75. The standard InChI is InChI=1S/C18H14ClN5O4S2/c1-10-5-6-11(7-14(10)24(27)28)16(26)21-17-22-23-18(30-17)29-9-15(25)20-13-4-2-3-12(19)8-13/h2-8H,9H2,1H3,(H,20,25)(H,21,22,26). The Morgan fingerprint density at radius 2 is 2.00 bits per heavy atom. The first-order valence-electron chi connectivity index (χ1n) is 8.40. The first kappa shape index (κ1) is 21.7. The van der Waals surface area contributed by atoms with Crippen molar-refractivity contribution in [2.75, 3.05) is 16.4 Å². The van der Waals surface area contributed by atoms with E-state index in [1.165, 1.54) is 18.2 Å². The zero-order chi connectivity index (χ0) is 21.7. The average molecular weight is 464 g/mol. The highest BCUT2D eigenvalue weighted by molar-refractivity contribution is 8.01. The lowest BCUT2D eigenvalue weighted by Crippen LogP contribution is -2.13. The van der Waals surface area contributed by atoms with Gasteiger partial charge in [-0.15, -0.1) is 10.2 Å². The lowest BCUT2D eigenvalue weighted by atomic mass is 10.1. The molecule has 2 N–H and O–H groups in total. The molecule has 0 radical (unpaired) electrons. The van der Waals surface area contributed by atoms with E-state index in [-0.39, 0.29) is 28.0 Å². The Morgan fingerprint density at radius 3 is 2.73 bits per heavy atom. The van der Waals surface area contributed by atoms with Crippen molar-refractivity contribution in [1.29, 1.82) is 0 Å². The first-order valence-corrected chi connectivity index (χ1v) is 10.6. The lowest BCUT2D eigenvalue weighted by Gasteiger charge is -2.04. The van der Waals surface area contributed by atoms with E-state index in [0.717, 1.165) is 23.1 Å². The zero-order valence-corrected chi connectivity index (χ0v) is 17.8. The molecule has 3 aromatic rings. The van der Waals surface area contributed by atoms with Crippen LogP contribution in [0.25, 0.3) is 0 Å². The van der Waals surface area contributed by atoms with Gasteiger partial charge in [0, 0.05) is 27.9 Å². The Morgan fingerprint density at radius 1 is 1.20 bits per heavy atom. The SMILES string of the molecule is Cc1ccc(C(=O)Nc2nnc(SCC(=O)Nc3cccc(Cl)c3)s2)cc1[N+](=O)[O-]. The summed E-state index contributed by atoms with van der Waals surface area (Å²) in [6.45, 7) is 1.59. The molecule has 0 aliphatic carbocycles. The third-order valence-corrected chi connectivity index (χ3v) is 5.94. The van der Waals surface area contributed by atoms with Crippen LogP contribution in [0.4, 0.5) is 16.5 Å². The van der Waals surface area contributed by atoms with E-state index < -0.39 is 10.8 Å². The number of rotatable bonds is 7. The van der Waals surface area contributed by atoms with Crippen molar-refractivity contribution < 1.29 is 14.5 Å². The summed E-state index contributed by atoms with van der Waals surface area (Å²) in [7, 11) is 0. The quantitative estimate of drug-likeness (QED) is 0.230. The van der Waals surface area contributed by atoms with E-state index in [1.54, 1.807) is 31.2 Å². The number of carbonyl (C=O) groups is 2. The Bertz CT molecular complexity index is 1120. The highest BCUT2D eigenvalue weighted by atomic mass is 35.5. The number of aromatic nitrogens is 2. The highest BCUT2D eigenvalue weighted by Crippen LogP contribution is 2.27. The second kappa shape index (κ2) is 9.65. The van der Waals surface area contributed by atoms with Crippen LogP contribution < -0.4 is 10.6 Å². The van der Waals surface area contributed by atoms with Crippen molar-refractivity contribution in [1.82, 2.24) is 10.2 Å². The van der Waals surface area contributed by atoms with Gasteiger partial charge in [-0.1, -0.05) is 46.8 Å². The van der Waals surface area contributed by atoms with Crippen LogP contribution in [0.3, 0.4) is 0 Å². The van der Waals surface area contributed by atoms with Gasteiger partial charge in [-0.3, -0.25) is 25.0 Å². The largest absolute Gasteiger partial charge is 0.325 e. The molecule has 0 aliphatic heterocycles. The number of anilines is 2. The number of benzene rings is 2. The van der Waals surface area contributed by atoms with Crippen LogP contribution in [0.2, 0.25) is 5.02 Å². The van der Waals surface area contributed by atoms with Crippen molar-refractivity contribution in [3.8, 4) is 0 Å². The van der Waals surface area contributed by atoms with Gasteiger partial charge in [0.15, 0.2) is 4.34 Å². The number of amides is 2. The molecule has 0 bridgehead atoms. The maximum atomic E-state index is 12.3. The fourth-order valence-corrected chi connectivity index (χ4v) is 4.06. The van der Waals surface area contributed by atoms with Crippen molar-refractivity contribution >= 4 is 63.0 Å². The summed E-state index contributed by atoms with van der Waals surface area (Å²) in [6, 6.07) is 11.0. The molecule has 1 heterocycles. The van der Waals surface area contributed by atoms with Crippen molar-refractivity contribution in [3.63, 3.8) is 0 Å². The van der Waals surface area contributed by atoms with Crippen molar-refractivity contribution in [3.05, 3.63) is 68.7 Å².